The third kappa shape index (κ3) is 4.13. The maximum Gasteiger partial charge on any atom is 0.573 e. The molecule has 21 heavy (non-hydrogen) atoms. The molecule has 1 radical (unpaired) electrons. The average Bonchev–Trinajstić information content (AvgIpc) is 2.40. The zero-order chi connectivity index (χ0) is 15.5. The van der Waals surface area contributed by atoms with Crippen LogP contribution in [0.15, 0.2) is 42.5 Å². The molecule has 0 unspecified atom stereocenters. The highest BCUT2D eigenvalue weighted by Crippen LogP contribution is 2.24. The Labute approximate surface area is 117 Å². The van der Waals surface area contributed by atoms with Gasteiger partial charge in [-0.1, -0.05) is 6.07 Å². The van der Waals surface area contributed by atoms with Gasteiger partial charge in [0.2, 0.25) is 0 Å². The van der Waals surface area contributed by atoms with Crippen LogP contribution < -0.4 is 10.1 Å². The lowest BCUT2D eigenvalue weighted by molar-refractivity contribution is -0.274. The van der Waals surface area contributed by atoms with Crippen LogP contribution in [0.1, 0.15) is 10.4 Å². The van der Waals surface area contributed by atoms with Crippen LogP contribution in [-0.2, 0) is 0 Å². The largest absolute Gasteiger partial charge is 0.573 e. The number of phenols is 1. The number of phenolic OH excluding ortho intramolecular Hbond substituents is 1. The molecule has 2 N–H and O–H groups in total. The minimum absolute atomic E-state index is 0.118. The highest BCUT2D eigenvalue weighted by Gasteiger charge is 2.31. The van der Waals surface area contributed by atoms with Gasteiger partial charge in [0.15, 0.2) is 0 Å². The van der Waals surface area contributed by atoms with Crippen LogP contribution in [-0.4, -0.2) is 17.4 Å². The smallest absolute Gasteiger partial charge is 0.506 e. The van der Waals surface area contributed by atoms with Crippen LogP contribution in [0.3, 0.4) is 0 Å². The van der Waals surface area contributed by atoms with E-state index in [9.17, 15) is 23.1 Å². The highest BCUT2D eigenvalue weighted by molar-refractivity contribution is 6.05. The molecule has 0 aliphatic carbocycles. The molecule has 0 fully saturated rings. The maximum atomic E-state index is 12.0. The molecule has 0 atom stereocenters. The Morgan fingerprint density at radius 2 is 1.86 bits per heavy atom. The number of aromatic hydroxyl groups is 1. The van der Waals surface area contributed by atoms with Crippen molar-refractivity contribution in [2.45, 2.75) is 6.36 Å². The Bertz CT molecular complexity index is 639. The van der Waals surface area contributed by atoms with Crippen molar-refractivity contribution < 1.29 is 27.8 Å². The normalized spacial score (nSPS) is 11.0. The van der Waals surface area contributed by atoms with Gasteiger partial charge in [-0.05, 0) is 42.5 Å². The number of amides is 1. The summed E-state index contributed by atoms with van der Waals surface area (Å²) < 4.78 is 39.7. The molecule has 2 rings (SSSR count). The number of carbonyl (C=O) groups excluding carboxylic acids is 1. The van der Waals surface area contributed by atoms with Crippen LogP contribution in [0.4, 0.5) is 18.9 Å². The van der Waals surface area contributed by atoms with E-state index in [1.165, 1.54) is 30.3 Å². The van der Waals surface area contributed by atoms with Gasteiger partial charge in [-0.25, -0.2) is 0 Å². The van der Waals surface area contributed by atoms with Gasteiger partial charge in [0.1, 0.15) is 11.5 Å². The van der Waals surface area contributed by atoms with E-state index in [-0.39, 0.29) is 17.0 Å². The second-order valence-corrected chi connectivity index (χ2v) is 3.97. The summed E-state index contributed by atoms with van der Waals surface area (Å²) in [7, 11) is 0. The van der Waals surface area contributed by atoms with Gasteiger partial charge in [0, 0.05) is 5.56 Å². The average molecular weight is 296 g/mol. The first kappa shape index (κ1) is 14.7. The summed E-state index contributed by atoms with van der Waals surface area (Å²) in [5.74, 6) is -1.14. The first-order chi connectivity index (χ1) is 9.85. The van der Waals surface area contributed by atoms with Crippen molar-refractivity contribution in [2.75, 3.05) is 5.32 Å². The van der Waals surface area contributed by atoms with E-state index in [0.29, 0.717) is 0 Å². The quantitative estimate of drug-likeness (QED) is 0.854. The van der Waals surface area contributed by atoms with Gasteiger partial charge in [0.05, 0.1) is 5.69 Å². The molecule has 2 aromatic rings. The Balaban J connectivity index is 2.08. The SMILES string of the molecule is O=C(Nc1c[c]ccc1O)c1ccc(OC(F)(F)F)cc1. The molecule has 0 aliphatic rings. The van der Waals surface area contributed by atoms with Crippen LogP contribution >= 0.6 is 0 Å². The van der Waals surface area contributed by atoms with Crippen molar-refractivity contribution in [1.29, 1.82) is 0 Å². The van der Waals surface area contributed by atoms with E-state index in [1.54, 1.807) is 0 Å². The lowest BCUT2D eigenvalue weighted by atomic mass is 10.2. The number of hydrogen-bond donors (Lipinski definition) is 2. The second kappa shape index (κ2) is 5.74. The number of hydrogen-bond acceptors (Lipinski definition) is 3. The molecule has 2 aromatic carbocycles. The summed E-state index contributed by atoms with van der Waals surface area (Å²) in [5.41, 5.74) is 0.269. The van der Waals surface area contributed by atoms with Gasteiger partial charge in [-0.15, -0.1) is 13.2 Å². The van der Waals surface area contributed by atoms with Crippen molar-refractivity contribution >= 4 is 11.6 Å². The van der Waals surface area contributed by atoms with Gasteiger partial charge in [-0.2, -0.15) is 0 Å². The number of carbonyl (C=O) groups is 1. The number of rotatable bonds is 3. The fourth-order valence-corrected chi connectivity index (χ4v) is 1.52. The minimum Gasteiger partial charge on any atom is -0.506 e. The van der Waals surface area contributed by atoms with Crippen molar-refractivity contribution in [3.63, 3.8) is 0 Å². The predicted octanol–water partition coefficient (Wildman–Crippen LogP) is 3.34. The molecule has 0 aromatic heterocycles. The Hall–Kier alpha value is -2.70. The van der Waals surface area contributed by atoms with Crippen molar-refractivity contribution in [3.8, 4) is 11.5 Å². The fourth-order valence-electron chi connectivity index (χ4n) is 1.52. The van der Waals surface area contributed by atoms with Gasteiger partial charge in [0.25, 0.3) is 5.91 Å². The Kier molecular flexibility index (Phi) is 4.02. The lowest BCUT2D eigenvalue weighted by Crippen LogP contribution is -2.17. The standard InChI is InChI=1S/C14H9F3NO3/c15-14(16,17)21-10-7-5-9(6-8-10)13(20)18-11-3-1-2-4-12(11)19/h2-8,19H,(H,18,20). The Morgan fingerprint density at radius 3 is 2.43 bits per heavy atom. The van der Waals surface area contributed by atoms with Crippen LogP contribution in [0.2, 0.25) is 0 Å². The van der Waals surface area contributed by atoms with Crippen molar-refractivity contribution in [3.05, 3.63) is 54.1 Å². The maximum absolute atomic E-state index is 12.0. The van der Waals surface area contributed by atoms with Gasteiger partial charge >= 0.3 is 6.36 Å². The summed E-state index contributed by atoms with van der Waals surface area (Å²) in [4.78, 5) is 11.9. The first-order valence-electron chi connectivity index (χ1n) is 5.71. The molecule has 0 heterocycles. The monoisotopic (exact) mass is 296 g/mol. The zero-order valence-electron chi connectivity index (χ0n) is 10.4. The van der Waals surface area contributed by atoms with E-state index >= 15 is 0 Å². The van der Waals surface area contributed by atoms with E-state index in [2.05, 4.69) is 16.1 Å². The number of benzene rings is 2. The first-order valence-corrected chi connectivity index (χ1v) is 5.71. The predicted molar refractivity (Wildman–Crippen MR) is 68.0 cm³/mol. The van der Waals surface area contributed by atoms with Crippen LogP contribution in [0.25, 0.3) is 0 Å². The minimum atomic E-state index is -4.78. The third-order valence-corrected chi connectivity index (χ3v) is 2.44. The molecule has 1 amide bonds. The summed E-state index contributed by atoms with van der Waals surface area (Å²) >= 11 is 0. The molecule has 109 valence electrons. The molecule has 4 nitrogen and oxygen atoms in total. The Morgan fingerprint density at radius 1 is 1.19 bits per heavy atom. The van der Waals surface area contributed by atoms with Crippen molar-refractivity contribution in [2.24, 2.45) is 0 Å². The number of anilines is 1. The molecule has 7 heteroatoms. The number of nitrogens with one attached hydrogen (secondary N) is 1. The summed E-state index contributed by atoms with van der Waals surface area (Å²) in [5, 5.41) is 11.9. The number of halogens is 3. The zero-order valence-corrected chi connectivity index (χ0v) is 10.4. The summed E-state index contributed by atoms with van der Waals surface area (Å²) in [6, 6.07) is 11.3. The van der Waals surface area contributed by atoms with Crippen LogP contribution in [0.5, 0.6) is 11.5 Å². The molecular weight excluding hydrogens is 287 g/mol. The lowest BCUT2D eigenvalue weighted by Gasteiger charge is -2.10. The fraction of sp³-hybridized carbons (Fsp3) is 0.0714. The van der Waals surface area contributed by atoms with Gasteiger partial charge < -0.3 is 15.2 Å². The molecule has 0 saturated heterocycles. The molecular formula is C14H9F3NO3. The van der Waals surface area contributed by atoms with E-state index < -0.39 is 18.0 Å². The molecule has 0 bridgehead atoms. The summed E-state index contributed by atoms with van der Waals surface area (Å²) in [6.07, 6.45) is -4.78. The van der Waals surface area contributed by atoms with Crippen molar-refractivity contribution in [1.82, 2.24) is 0 Å². The third-order valence-electron chi connectivity index (χ3n) is 2.44. The topological polar surface area (TPSA) is 58.6 Å². The van der Waals surface area contributed by atoms with Gasteiger partial charge in [-0.3, -0.25) is 4.79 Å². The highest BCUT2D eigenvalue weighted by atomic mass is 19.4. The molecule has 0 aliphatic heterocycles. The van der Waals surface area contributed by atoms with E-state index in [4.69, 9.17) is 0 Å². The number of ether oxygens (including phenoxy) is 1. The molecule has 0 saturated carbocycles. The van der Waals surface area contributed by atoms with Crippen LogP contribution in [0, 0.1) is 6.07 Å². The molecule has 0 spiro atoms. The van der Waals surface area contributed by atoms with E-state index in [1.807, 2.05) is 0 Å². The van der Waals surface area contributed by atoms with E-state index in [0.717, 1.165) is 12.1 Å². The number of alkyl halides is 3. The second-order valence-electron chi connectivity index (χ2n) is 3.97. The summed E-state index contributed by atoms with van der Waals surface area (Å²) in [6.45, 7) is 0.